The second-order valence-corrected chi connectivity index (χ2v) is 6.38. The average molecular weight is 348 g/mol. The molecule has 4 rings (SSSR count). The number of carbonyl (C=O) groups excluding carboxylic acids is 1. The topological polar surface area (TPSA) is 84.7 Å². The van der Waals surface area contributed by atoms with Crippen LogP contribution in [0.5, 0.6) is 0 Å². The second-order valence-electron chi connectivity index (χ2n) is 6.38. The minimum Gasteiger partial charge on any atom is -0.347 e. The highest BCUT2D eigenvalue weighted by atomic mass is 16.2. The van der Waals surface area contributed by atoms with Gasteiger partial charge in [0.2, 0.25) is 0 Å². The number of nitrogens with zero attached hydrogens (tertiary/aromatic N) is 4. The highest BCUT2D eigenvalue weighted by molar-refractivity contribution is 5.92. The van der Waals surface area contributed by atoms with Gasteiger partial charge in [-0.25, -0.2) is 9.97 Å². The number of hydrogen-bond acceptors (Lipinski definition) is 5. The maximum absolute atomic E-state index is 12.2. The van der Waals surface area contributed by atoms with Gasteiger partial charge >= 0.3 is 0 Å². The van der Waals surface area contributed by atoms with Crippen LogP contribution in [0.2, 0.25) is 0 Å². The fourth-order valence-electron chi connectivity index (χ4n) is 3.00. The first kappa shape index (κ1) is 16.4. The molecule has 1 aliphatic rings. The Bertz CT molecular complexity index is 852. The molecule has 1 atom stereocenters. The highest BCUT2D eigenvalue weighted by Gasteiger charge is 2.18. The van der Waals surface area contributed by atoms with Crippen LogP contribution >= 0.6 is 0 Å². The van der Waals surface area contributed by atoms with E-state index in [-0.39, 0.29) is 11.9 Å². The third-order valence-corrected chi connectivity index (χ3v) is 4.45. The molecular formula is C19H20N6O. The molecule has 0 bridgehead atoms. The van der Waals surface area contributed by atoms with Gasteiger partial charge in [0, 0.05) is 37.1 Å². The Labute approximate surface area is 151 Å². The molecule has 26 heavy (non-hydrogen) atoms. The summed E-state index contributed by atoms with van der Waals surface area (Å²) in [5, 5.41) is 6.19. The molecule has 2 N–H and O–H groups in total. The van der Waals surface area contributed by atoms with Gasteiger partial charge in [0.1, 0.15) is 5.69 Å². The number of hydrogen-bond donors (Lipinski definition) is 2. The standard InChI is InChI=1S/C19H20N6O/c26-19(24-16-5-6-20-9-16)18-11-22-17(10-23-18)15-3-1-14(2-4-15)12-25-8-7-21-13-25/h1-4,7-8,10-11,13,16,20H,5-6,9,12H2,(H,24,26). The zero-order valence-corrected chi connectivity index (χ0v) is 14.3. The van der Waals surface area contributed by atoms with Crippen molar-refractivity contribution in [1.29, 1.82) is 0 Å². The van der Waals surface area contributed by atoms with Gasteiger partial charge in [-0.2, -0.15) is 0 Å². The Hall–Kier alpha value is -3.06. The van der Waals surface area contributed by atoms with Gasteiger partial charge in [-0.1, -0.05) is 24.3 Å². The lowest BCUT2D eigenvalue weighted by atomic mass is 10.1. The SMILES string of the molecule is O=C(NC1CCNC1)c1cnc(-c2ccc(Cn3ccnc3)cc2)cn1. The number of imidazole rings is 1. The van der Waals surface area contributed by atoms with E-state index in [2.05, 4.69) is 37.7 Å². The van der Waals surface area contributed by atoms with E-state index in [1.54, 1.807) is 18.7 Å². The molecule has 1 aliphatic heterocycles. The lowest BCUT2D eigenvalue weighted by molar-refractivity contribution is 0.0934. The first-order chi connectivity index (χ1) is 12.8. The predicted octanol–water partition coefficient (Wildman–Crippen LogP) is 1.48. The van der Waals surface area contributed by atoms with Crippen LogP contribution in [-0.2, 0) is 6.54 Å². The molecule has 132 valence electrons. The van der Waals surface area contributed by atoms with Gasteiger partial charge in [-0.15, -0.1) is 0 Å². The fourth-order valence-corrected chi connectivity index (χ4v) is 3.00. The largest absolute Gasteiger partial charge is 0.347 e. The molecule has 0 aliphatic carbocycles. The monoisotopic (exact) mass is 348 g/mol. The van der Waals surface area contributed by atoms with Gasteiger partial charge < -0.3 is 15.2 Å². The van der Waals surface area contributed by atoms with Crippen molar-refractivity contribution in [3.63, 3.8) is 0 Å². The molecule has 3 aromatic rings. The van der Waals surface area contributed by atoms with Crippen LogP contribution in [0.25, 0.3) is 11.3 Å². The summed E-state index contributed by atoms with van der Waals surface area (Å²) in [4.78, 5) is 24.9. The Balaban J connectivity index is 1.42. The van der Waals surface area contributed by atoms with Crippen molar-refractivity contribution in [1.82, 2.24) is 30.2 Å². The summed E-state index contributed by atoms with van der Waals surface area (Å²) in [7, 11) is 0. The van der Waals surface area contributed by atoms with Gasteiger partial charge in [-0.3, -0.25) is 9.78 Å². The van der Waals surface area contributed by atoms with Crippen molar-refractivity contribution >= 4 is 5.91 Å². The van der Waals surface area contributed by atoms with Crippen molar-refractivity contribution in [2.24, 2.45) is 0 Å². The number of rotatable bonds is 5. The van der Waals surface area contributed by atoms with Gasteiger partial charge in [-0.05, 0) is 18.5 Å². The van der Waals surface area contributed by atoms with Crippen LogP contribution in [0.4, 0.5) is 0 Å². The van der Waals surface area contributed by atoms with Gasteiger partial charge in [0.15, 0.2) is 0 Å². The molecule has 7 nitrogen and oxygen atoms in total. The maximum atomic E-state index is 12.2. The summed E-state index contributed by atoms with van der Waals surface area (Å²) in [6, 6.07) is 8.32. The first-order valence-corrected chi connectivity index (χ1v) is 8.66. The van der Waals surface area contributed by atoms with Crippen LogP contribution in [0.1, 0.15) is 22.5 Å². The van der Waals surface area contributed by atoms with Crippen molar-refractivity contribution < 1.29 is 4.79 Å². The number of aromatic nitrogens is 4. The van der Waals surface area contributed by atoms with E-state index in [1.807, 2.05) is 22.9 Å². The molecule has 1 amide bonds. The zero-order chi connectivity index (χ0) is 17.8. The number of carbonyl (C=O) groups is 1. The zero-order valence-electron chi connectivity index (χ0n) is 14.3. The van der Waals surface area contributed by atoms with E-state index in [1.165, 1.54) is 11.8 Å². The summed E-state index contributed by atoms with van der Waals surface area (Å²) in [6.45, 7) is 2.52. The molecule has 1 aromatic carbocycles. The predicted molar refractivity (Wildman–Crippen MR) is 97.5 cm³/mol. The average Bonchev–Trinajstić information content (AvgIpc) is 3.37. The summed E-state index contributed by atoms with van der Waals surface area (Å²) >= 11 is 0. The molecule has 7 heteroatoms. The second kappa shape index (κ2) is 7.45. The van der Waals surface area contributed by atoms with Crippen LogP contribution in [0.3, 0.4) is 0 Å². The van der Waals surface area contributed by atoms with Crippen molar-refractivity contribution in [2.75, 3.05) is 13.1 Å². The maximum Gasteiger partial charge on any atom is 0.271 e. The third kappa shape index (κ3) is 3.78. The van der Waals surface area contributed by atoms with E-state index in [4.69, 9.17) is 0 Å². The van der Waals surface area contributed by atoms with Crippen molar-refractivity contribution in [3.05, 3.63) is 66.6 Å². The lowest BCUT2D eigenvalue weighted by Gasteiger charge is -2.10. The number of benzene rings is 1. The molecule has 0 saturated carbocycles. The Morgan fingerprint density at radius 3 is 2.77 bits per heavy atom. The van der Waals surface area contributed by atoms with Gasteiger partial charge in [0.25, 0.3) is 5.91 Å². The fraction of sp³-hybridized carbons (Fsp3) is 0.263. The van der Waals surface area contributed by atoms with Gasteiger partial charge in [0.05, 0.1) is 24.4 Å². The first-order valence-electron chi connectivity index (χ1n) is 8.66. The summed E-state index contributed by atoms with van der Waals surface area (Å²) < 4.78 is 2.02. The normalized spacial score (nSPS) is 16.5. The highest BCUT2D eigenvalue weighted by Crippen LogP contribution is 2.17. The smallest absolute Gasteiger partial charge is 0.271 e. The van der Waals surface area contributed by atoms with Crippen LogP contribution < -0.4 is 10.6 Å². The molecule has 1 unspecified atom stereocenters. The summed E-state index contributed by atoms with van der Waals surface area (Å²) in [5.41, 5.74) is 3.25. The number of amides is 1. The van der Waals surface area contributed by atoms with Crippen LogP contribution in [0.15, 0.2) is 55.4 Å². The number of nitrogens with one attached hydrogen (secondary N) is 2. The molecule has 2 aromatic heterocycles. The van der Waals surface area contributed by atoms with E-state index in [9.17, 15) is 4.79 Å². The van der Waals surface area contributed by atoms with Crippen LogP contribution in [-0.4, -0.2) is 44.6 Å². The van der Waals surface area contributed by atoms with Crippen molar-refractivity contribution in [2.45, 2.75) is 19.0 Å². The quantitative estimate of drug-likeness (QED) is 0.730. The van der Waals surface area contributed by atoms with Crippen LogP contribution in [0, 0.1) is 0 Å². The van der Waals surface area contributed by atoms with Crippen molar-refractivity contribution in [3.8, 4) is 11.3 Å². The molecule has 3 heterocycles. The minimum absolute atomic E-state index is 0.173. The Morgan fingerprint density at radius 2 is 2.12 bits per heavy atom. The molecule has 1 saturated heterocycles. The Kier molecular flexibility index (Phi) is 4.70. The molecule has 0 spiro atoms. The van der Waals surface area contributed by atoms with E-state index in [0.717, 1.165) is 37.3 Å². The molecular weight excluding hydrogens is 328 g/mol. The van der Waals surface area contributed by atoms with E-state index in [0.29, 0.717) is 5.69 Å². The van der Waals surface area contributed by atoms with E-state index < -0.39 is 0 Å². The molecule has 1 fully saturated rings. The van der Waals surface area contributed by atoms with E-state index >= 15 is 0 Å². The summed E-state index contributed by atoms with van der Waals surface area (Å²) in [5.74, 6) is -0.173. The minimum atomic E-state index is -0.173. The molecule has 0 radical (unpaired) electrons. The third-order valence-electron chi connectivity index (χ3n) is 4.45. The summed E-state index contributed by atoms with van der Waals surface area (Å²) in [6.07, 6.45) is 9.63. The Morgan fingerprint density at radius 1 is 1.23 bits per heavy atom. The lowest BCUT2D eigenvalue weighted by Crippen LogP contribution is -2.36.